The molecule has 1 saturated heterocycles. The standard InChI is InChI=1S/C19H36N2S2/c1-3-5-7-9-11-13-15-19(17(22)20-18(23)21-19)16-14-12-10-8-6-4-2/h3-16H2,1-2H3,(H2,20,21,22,23). The third-order valence-electron chi connectivity index (χ3n) is 4.93. The largest absolute Gasteiger partial charge is 0.351 e. The summed E-state index contributed by atoms with van der Waals surface area (Å²) in [6.07, 6.45) is 18.2. The third kappa shape index (κ3) is 7.93. The molecule has 1 rings (SSSR count). The average molecular weight is 357 g/mol. The van der Waals surface area contributed by atoms with Gasteiger partial charge >= 0.3 is 0 Å². The number of rotatable bonds is 14. The van der Waals surface area contributed by atoms with Crippen molar-refractivity contribution in [3.8, 4) is 0 Å². The Morgan fingerprint density at radius 2 is 1.13 bits per heavy atom. The second kappa shape index (κ2) is 12.2. The Hall–Kier alpha value is -0.220. The van der Waals surface area contributed by atoms with Crippen LogP contribution in [0.15, 0.2) is 0 Å². The highest BCUT2D eigenvalue weighted by Crippen LogP contribution is 2.27. The van der Waals surface area contributed by atoms with Crippen LogP contribution in [0, 0.1) is 0 Å². The van der Waals surface area contributed by atoms with Crippen molar-refractivity contribution in [1.29, 1.82) is 0 Å². The van der Waals surface area contributed by atoms with Crippen LogP contribution >= 0.6 is 24.4 Å². The first-order chi connectivity index (χ1) is 11.1. The maximum Gasteiger partial charge on any atom is 0.172 e. The first-order valence-electron chi connectivity index (χ1n) is 9.78. The SMILES string of the molecule is CCCCCCCCC1(CCCCCCCC)NC(=S)NC1=S. The Bertz CT molecular complexity index is 339. The zero-order chi connectivity index (χ0) is 17.0. The van der Waals surface area contributed by atoms with E-state index in [2.05, 4.69) is 24.5 Å². The summed E-state index contributed by atoms with van der Waals surface area (Å²) in [6, 6.07) is 0. The van der Waals surface area contributed by atoms with Gasteiger partial charge in [-0.05, 0) is 25.1 Å². The molecular weight excluding hydrogens is 320 g/mol. The molecule has 134 valence electrons. The lowest BCUT2D eigenvalue weighted by Crippen LogP contribution is -2.46. The highest BCUT2D eigenvalue weighted by Gasteiger charge is 2.39. The molecular formula is C19H36N2S2. The van der Waals surface area contributed by atoms with Crippen LogP contribution in [0.2, 0.25) is 0 Å². The molecule has 0 aromatic carbocycles. The molecule has 0 aromatic rings. The average Bonchev–Trinajstić information content (AvgIpc) is 2.81. The molecule has 1 aliphatic rings. The normalized spacial score (nSPS) is 16.4. The number of hydrogen-bond donors (Lipinski definition) is 2. The zero-order valence-electron chi connectivity index (χ0n) is 15.2. The van der Waals surface area contributed by atoms with Crippen molar-refractivity contribution in [2.45, 2.75) is 109 Å². The van der Waals surface area contributed by atoms with Crippen LogP contribution in [0.4, 0.5) is 0 Å². The molecule has 0 bridgehead atoms. The van der Waals surface area contributed by atoms with Gasteiger partial charge in [-0.15, -0.1) is 0 Å². The van der Waals surface area contributed by atoms with E-state index in [4.69, 9.17) is 24.4 Å². The molecule has 4 heteroatoms. The van der Waals surface area contributed by atoms with E-state index >= 15 is 0 Å². The molecule has 0 atom stereocenters. The van der Waals surface area contributed by atoms with Gasteiger partial charge in [-0.25, -0.2) is 0 Å². The van der Waals surface area contributed by atoms with E-state index in [0.29, 0.717) is 0 Å². The van der Waals surface area contributed by atoms with Gasteiger partial charge in [0.1, 0.15) is 4.99 Å². The fourth-order valence-electron chi connectivity index (χ4n) is 3.42. The Labute approximate surface area is 154 Å². The lowest BCUT2D eigenvalue weighted by Gasteiger charge is -2.29. The second-order valence-electron chi connectivity index (χ2n) is 7.03. The maximum absolute atomic E-state index is 5.61. The monoisotopic (exact) mass is 356 g/mol. The summed E-state index contributed by atoms with van der Waals surface area (Å²) in [7, 11) is 0. The van der Waals surface area contributed by atoms with Gasteiger partial charge in [0.15, 0.2) is 5.11 Å². The van der Waals surface area contributed by atoms with Crippen LogP contribution in [0.1, 0.15) is 104 Å². The van der Waals surface area contributed by atoms with Gasteiger partial charge in [0.25, 0.3) is 0 Å². The first kappa shape index (κ1) is 20.8. The quantitative estimate of drug-likeness (QED) is 0.293. The Kier molecular flexibility index (Phi) is 11.0. The molecule has 0 saturated carbocycles. The minimum absolute atomic E-state index is 0.0536. The lowest BCUT2D eigenvalue weighted by atomic mass is 9.87. The van der Waals surface area contributed by atoms with Gasteiger partial charge in [0, 0.05) is 0 Å². The molecule has 1 aliphatic heterocycles. The smallest absolute Gasteiger partial charge is 0.172 e. The topological polar surface area (TPSA) is 24.1 Å². The molecule has 0 radical (unpaired) electrons. The molecule has 23 heavy (non-hydrogen) atoms. The predicted molar refractivity (Wildman–Crippen MR) is 110 cm³/mol. The van der Waals surface area contributed by atoms with Crippen molar-refractivity contribution in [2.24, 2.45) is 0 Å². The van der Waals surface area contributed by atoms with Crippen LogP contribution in [-0.4, -0.2) is 15.6 Å². The van der Waals surface area contributed by atoms with Crippen molar-refractivity contribution in [3.63, 3.8) is 0 Å². The summed E-state index contributed by atoms with van der Waals surface area (Å²) in [4.78, 5) is 0.935. The molecule has 1 heterocycles. The highest BCUT2D eigenvalue weighted by molar-refractivity contribution is 7.82. The van der Waals surface area contributed by atoms with Gasteiger partial charge in [-0.1, -0.05) is 103 Å². The Balaban J connectivity index is 2.33. The summed E-state index contributed by atoms with van der Waals surface area (Å²) in [5.74, 6) is 0. The summed E-state index contributed by atoms with van der Waals surface area (Å²) in [6.45, 7) is 4.53. The molecule has 0 amide bonds. The summed E-state index contributed by atoms with van der Waals surface area (Å²) in [5.41, 5.74) is -0.0536. The van der Waals surface area contributed by atoms with Crippen molar-refractivity contribution in [3.05, 3.63) is 0 Å². The second-order valence-corrected chi connectivity index (χ2v) is 7.84. The highest BCUT2D eigenvalue weighted by atomic mass is 32.1. The summed E-state index contributed by atoms with van der Waals surface area (Å²) in [5, 5.41) is 7.41. The lowest BCUT2D eigenvalue weighted by molar-refractivity contribution is 0.405. The fraction of sp³-hybridized carbons (Fsp3) is 0.895. The van der Waals surface area contributed by atoms with Gasteiger partial charge in [0.2, 0.25) is 0 Å². The van der Waals surface area contributed by atoms with E-state index in [1.54, 1.807) is 0 Å². The van der Waals surface area contributed by atoms with Gasteiger partial charge < -0.3 is 10.6 Å². The number of thiocarbonyl (C=S) groups is 2. The Morgan fingerprint density at radius 3 is 1.52 bits per heavy atom. The van der Waals surface area contributed by atoms with Crippen LogP contribution in [0.25, 0.3) is 0 Å². The summed E-state index contributed by atoms with van der Waals surface area (Å²) < 4.78 is 0. The van der Waals surface area contributed by atoms with Crippen molar-refractivity contribution in [2.75, 3.05) is 0 Å². The van der Waals surface area contributed by atoms with Crippen LogP contribution in [-0.2, 0) is 0 Å². The molecule has 2 N–H and O–H groups in total. The van der Waals surface area contributed by atoms with Gasteiger partial charge in [-0.3, -0.25) is 0 Å². The van der Waals surface area contributed by atoms with E-state index < -0.39 is 0 Å². The Morgan fingerprint density at radius 1 is 0.696 bits per heavy atom. The summed E-state index contributed by atoms with van der Waals surface area (Å²) >= 11 is 10.9. The van der Waals surface area contributed by atoms with Crippen molar-refractivity contribution in [1.82, 2.24) is 10.6 Å². The van der Waals surface area contributed by atoms with E-state index in [1.807, 2.05) is 0 Å². The van der Waals surface area contributed by atoms with E-state index in [0.717, 1.165) is 22.9 Å². The molecule has 2 nitrogen and oxygen atoms in total. The van der Waals surface area contributed by atoms with E-state index in [1.165, 1.54) is 77.0 Å². The molecule has 0 aliphatic carbocycles. The molecule has 1 fully saturated rings. The molecule has 0 unspecified atom stereocenters. The maximum atomic E-state index is 5.61. The van der Waals surface area contributed by atoms with Crippen molar-refractivity contribution >= 4 is 34.5 Å². The fourth-order valence-corrected chi connectivity index (χ4v) is 4.14. The van der Waals surface area contributed by atoms with Crippen LogP contribution < -0.4 is 10.6 Å². The number of nitrogens with one attached hydrogen (secondary N) is 2. The van der Waals surface area contributed by atoms with Gasteiger partial charge in [0.05, 0.1) is 5.54 Å². The number of hydrogen-bond acceptors (Lipinski definition) is 2. The predicted octanol–water partition coefficient (Wildman–Crippen LogP) is 6.03. The van der Waals surface area contributed by atoms with E-state index in [9.17, 15) is 0 Å². The molecule has 0 aromatic heterocycles. The van der Waals surface area contributed by atoms with Crippen LogP contribution in [0.3, 0.4) is 0 Å². The van der Waals surface area contributed by atoms with Gasteiger partial charge in [-0.2, -0.15) is 0 Å². The minimum atomic E-state index is -0.0536. The minimum Gasteiger partial charge on any atom is -0.351 e. The first-order valence-corrected chi connectivity index (χ1v) is 10.6. The third-order valence-corrected chi connectivity index (χ3v) is 5.63. The zero-order valence-corrected chi connectivity index (χ0v) is 16.8. The van der Waals surface area contributed by atoms with Crippen molar-refractivity contribution < 1.29 is 0 Å². The number of unbranched alkanes of at least 4 members (excludes halogenated alkanes) is 10. The molecule has 0 spiro atoms. The van der Waals surface area contributed by atoms with Crippen LogP contribution in [0.5, 0.6) is 0 Å². The van der Waals surface area contributed by atoms with E-state index in [-0.39, 0.29) is 5.54 Å².